The molecule has 16 heavy (non-hydrogen) atoms. The molecule has 0 aromatic carbocycles. The zero-order valence-corrected chi connectivity index (χ0v) is 10.5. The molecule has 94 valence electrons. The first-order valence-electron chi connectivity index (χ1n) is 5.77. The standard InChI is InChI=1S/C11H20O4S/c1-16(14,15)10-5-2-4-9(8-10)11(13)6-3-7-12/h9-10,12H,2-8H2,1H3. The van der Waals surface area contributed by atoms with Gasteiger partial charge in [-0.05, 0) is 25.7 Å². The number of aliphatic hydroxyl groups excluding tert-OH is 1. The summed E-state index contributed by atoms with van der Waals surface area (Å²) in [6, 6.07) is 0. The van der Waals surface area contributed by atoms with Crippen LogP contribution in [0.3, 0.4) is 0 Å². The van der Waals surface area contributed by atoms with Crippen LogP contribution in [0.5, 0.6) is 0 Å². The fraction of sp³-hybridized carbons (Fsp3) is 0.909. The van der Waals surface area contributed by atoms with Crippen molar-refractivity contribution in [3.63, 3.8) is 0 Å². The number of sulfone groups is 1. The number of ketones is 1. The van der Waals surface area contributed by atoms with E-state index in [-0.39, 0.29) is 23.6 Å². The lowest BCUT2D eigenvalue weighted by Crippen LogP contribution is -2.31. The lowest BCUT2D eigenvalue weighted by atomic mass is 9.84. The van der Waals surface area contributed by atoms with E-state index in [2.05, 4.69) is 0 Å². The molecule has 4 nitrogen and oxygen atoms in total. The van der Waals surface area contributed by atoms with Gasteiger partial charge in [-0.25, -0.2) is 8.42 Å². The number of carbonyl (C=O) groups excluding carboxylic acids is 1. The minimum Gasteiger partial charge on any atom is -0.396 e. The van der Waals surface area contributed by atoms with Crippen LogP contribution in [-0.2, 0) is 14.6 Å². The summed E-state index contributed by atoms with van der Waals surface area (Å²) in [6.45, 7) is 0.0218. The molecule has 1 aliphatic carbocycles. The van der Waals surface area contributed by atoms with Gasteiger partial charge < -0.3 is 5.11 Å². The van der Waals surface area contributed by atoms with E-state index in [1.807, 2.05) is 0 Å². The van der Waals surface area contributed by atoms with Gasteiger partial charge in [-0.1, -0.05) is 6.42 Å². The van der Waals surface area contributed by atoms with Crippen molar-refractivity contribution in [1.82, 2.24) is 0 Å². The van der Waals surface area contributed by atoms with E-state index < -0.39 is 9.84 Å². The van der Waals surface area contributed by atoms with Crippen LogP contribution in [0.15, 0.2) is 0 Å². The Morgan fingerprint density at radius 2 is 2.06 bits per heavy atom. The maximum absolute atomic E-state index is 11.7. The Morgan fingerprint density at radius 3 is 2.62 bits per heavy atom. The normalized spacial score (nSPS) is 26.6. The van der Waals surface area contributed by atoms with Crippen molar-refractivity contribution >= 4 is 15.6 Å². The molecule has 0 aliphatic heterocycles. The van der Waals surface area contributed by atoms with Crippen LogP contribution in [0, 0.1) is 5.92 Å². The Kier molecular flexibility index (Phi) is 4.92. The van der Waals surface area contributed by atoms with Crippen molar-refractivity contribution in [3.05, 3.63) is 0 Å². The first-order valence-corrected chi connectivity index (χ1v) is 7.73. The number of hydrogen-bond acceptors (Lipinski definition) is 4. The number of rotatable bonds is 5. The van der Waals surface area contributed by atoms with Crippen molar-refractivity contribution in [2.45, 2.75) is 43.8 Å². The first-order chi connectivity index (χ1) is 7.45. The van der Waals surface area contributed by atoms with E-state index in [9.17, 15) is 13.2 Å². The van der Waals surface area contributed by atoms with Crippen molar-refractivity contribution in [2.24, 2.45) is 5.92 Å². The minimum absolute atomic E-state index is 0.0218. The lowest BCUT2D eigenvalue weighted by molar-refractivity contribution is -0.124. The van der Waals surface area contributed by atoms with Gasteiger partial charge in [0.15, 0.2) is 0 Å². The van der Waals surface area contributed by atoms with Crippen molar-refractivity contribution in [3.8, 4) is 0 Å². The maximum atomic E-state index is 11.7. The highest BCUT2D eigenvalue weighted by molar-refractivity contribution is 7.91. The molecule has 0 aromatic heterocycles. The molecule has 1 rings (SSSR count). The molecule has 0 spiro atoms. The number of carbonyl (C=O) groups is 1. The monoisotopic (exact) mass is 248 g/mol. The van der Waals surface area contributed by atoms with Crippen LogP contribution >= 0.6 is 0 Å². The Hall–Kier alpha value is -0.420. The van der Waals surface area contributed by atoms with Crippen molar-refractivity contribution < 1.29 is 18.3 Å². The molecule has 0 heterocycles. The third-order valence-electron chi connectivity index (χ3n) is 3.27. The highest BCUT2D eigenvalue weighted by Crippen LogP contribution is 2.29. The van der Waals surface area contributed by atoms with E-state index in [0.29, 0.717) is 25.7 Å². The smallest absolute Gasteiger partial charge is 0.150 e. The molecule has 2 atom stereocenters. The second kappa shape index (κ2) is 5.77. The predicted molar refractivity (Wildman–Crippen MR) is 61.9 cm³/mol. The van der Waals surface area contributed by atoms with Gasteiger partial charge in [0.05, 0.1) is 5.25 Å². The third-order valence-corrected chi connectivity index (χ3v) is 4.91. The summed E-state index contributed by atoms with van der Waals surface area (Å²) in [5.74, 6) is 0.00225. The minimum atomic E-state index is -3.01. The third kappa shape index (κ3) is 3.87. The summed E-state index contributed by atoms with van der Waals surface area (Å²) >= 11 is 0. The lowest BCUT2D eigenvalue weighted by Gasteiger charge is -2.26. The SMILES string of the molecule is CS(=O)(=O)C1CCCC(C(=O)CCCO)C1. The van der Waals surface area contributed by atoms with Crippen LogP contribution in [0.1, 0.15) is 38.5 Å². The number of hydrogen-bond donors (Lipinski definition) is 1. The summed E-state index contributed by atoms with van der Waals surface area (Å²) in [7, 11) is -3.01. The molecule has 0 bridgehead atoms. The second-order valence-electron chi connectivity index (χ2n) is 4.61. The molecule has 5 heteroatoms. The average molecular weight is 248 g/mol. The Bertz CT molecular complexity index is 334. The zero-order chi connectivity index (χ0) is 12.2. The van der Waals surface area contributed by atoms with Crippen LogP contribution in [0.25, 0.3) is 0 Å². The molecule has 1 saturated carbocycles. The van der Waals surface area contributed by atoms with Crippen LogP contribution in [-0.4, -0.2) is 37.4 Å². The molecule has 1 aliphatic rings. The van der Waals surface area contributed by atoms with Gasteiger partial charge in [-0.2, -0.15) is 0 Å². The Balaban J connectivity index is 2.54. The Morgan fingerprint density at radius 1 is 1.38 bits per heavy atom. The number of Topliss-reactive ketones (excluding diaryl/α,β-unsaturated/α-hetero) is 1. The van der Waals surface area contributed by atoms with Gasteiger partial charge in [0, 0.05) is 25.2 Å². The summed E-state index contributed by atoms with van der Waals surface area (Å²) in [6.07, 6.45) is 4.88. The fourth-order valence-electron chi connectivity index (χ4n) is 2.28. The van der Waals surface area contributed by atoms with Gasteiger partial charge in [-0.3, -0.25) is 4.79 Å². The zero-order valence-electron chi connectivity index (χ0n) is 9.68. The Labute approximate surface area is 97.0 Å². The van der Waals surface area contributed by atoms with Crippen molar-refractivity contribution in [2.75, 3.05) is 12.9 Å². The van der Waals surface area contributed by atoms with E-state index in [1.165, 1.54) is 6.26 Å². The van der Waals surface area contributed by atoms with Crippen molar-refractivity contribution in [1.29, 1.82) is 0 Å². The summed E-state index contributed by atoms with van der Waals surface area (Å²) < 4.78 is 22.8. The van der Waals surface area contributed by atoms with Crippen LogP contribution < -0.4 is 0 Å². The molecule has 1 N–H and O–H groups in total. The topological polar surface area (TPSA) is 71.4 Å². The highest BCUT2D eigenvalue weighted by Gasteiger charge is 2.31. The van der Waals surface area contributed by atoms with Gasteiger partial charge in [0.25, 0.3) is 0 Å². The predicted octanol–water partition coefficient (Wildman–Crippen LogP) is 0.931. The quantitative estimate of drug-likeness (QED) is 0.785. The highest BCUT2D eigenvalue weighted by atomic mass is 32.2. The number of aliphatic hydroxyl groups is 1. The fourth-order valence-corrected chi connectivity index (χ4v) is 3.46. The maximum Gasteiger partial charge on any atom is 0.150 e. The summed E-state index contributed by atoms with van der Waals surface area (Å²) in [5, 5.41) is 8.30. The van der Waals surface area contributed by atoms with E-state index in [0.717, 1.165) is 12.8 Å². The molecule has 0 radical (unpaired) electrons. The molecule has 0 amide bonds. The van der Waals surface area contributed by atoms with Gasteiger partial charge in [0.2, 0.25) is 0 Å². The first kappa shape index (κ1) is 13.6. The summed E-state index contributed by atoms with van der Waals surface area (Å²) in [4.78, 5) is 11.7. The molecular weight excluding hydrogens is 228 g/mol. The van der Waals surface area contributed by atoms with Gasteiger partial charge >= 0.3 is 0 Å². The molecule has 2 unspecified atom stereocenters. The van der Waals surface area contributed by atoms with E-state index >= 15 is 0 Å². The van der Waals surface area contributed by atoms with Crippen LogP contribution in [0.4, 0.5) is 0 Å². The molecule has 0 saturated heterocycles. The van der Waals surface area contributed by atoms with Gasteiger partial charge in [0.1, 0.15) is 15.6 Å². The largest absolute Gasteiger partial charge is 0.396 e. The van der Waals surface area contributed by atoms with Gasteiger partial charge in [-0.15, -0.1) is 0 Å². The second-order valence-corrected chi connectivity index (χ2v) is 6.93. The van der Waals surface area contributed by atoms with E-state index in [1.54, 1.807) is 0 Å². The average Bonchev–Trinajstić information content (AvgIpc) is 2.25. The molecule has 1 fully saturated rings. The summed E-state index contributed by atoms with van der Waals surface area (Å²) in [5.41, 5.74) is 0. The van der Waals surface area contributed by atoms with Crippen LogP contribution in [0.2, 0.25) is 0 Å². The molecular formula is C11H20O4S. The molecule has 0 aromatic rings. The van der Waals surface area contributed by atoms with E-state index in [4.69, 9.17) is 5.11 Å².